The van der Waals surface area contributed by atoms with E-state index in [0.29, 0.717) is 0 Å². The number of hydrogen-bond acceptors (Lipinski definition) is 6. The molecule has 0 aliphatic heterocycles. The molecule has 0 heterocycles. The van der Waals surface area contributed by atoms with Crippen LogP contribution in [0.4, 0.5) is 4.79 Å². The molecule has 0 saturated heterocycles. The number of carbonyl (C=O) groups is 3. The van der Waals surface area contributed by atoms with Gasteiger partial charge >= 0.3 is 18.0 Å². The molecule has 7 nitrogen and oxygen atoms in total. The Morgan fingerprint density at radius 3 is 2.00 bits per heavy atom. The minimum atomic E-state index is -1.61. The standard InChI is InChI=1S/C22H31NO6/c1-8-14-22(18(24)27-10-3,19(25)28-11-4)15-12-13-17-23(16-9-2)20(26)29-21(5,6)7/h2,8H,1,10-11,14-17H2,3-7H3. The maximum Gasteiger partial charge on any atom is 0.411 e. The summed E-state index contributed by atoms with van der Waals surface area (Å²) in [5, 5.41) is 0. The first-order valence-corrected chi connectivity index (χ1v) is 9.40. The minimum Gasteiger partial charge on any atom is -0.465 e. The summed E-state index contributed by atoms with van der Waals surface area (Å²) in [7, 11) is 0. The molecular weight excluding hydrogens is 374 g/mol. The molecule has 0 atom stereocenters. The molecule has 0 aliphatic rings. The van der Waals surface area contributed by atoms with Crippen molar-refractivity contribution in [3.05, 3.63) is 12.7 Å². The Kier molecular flexibility index (Phi) is 11.2. The van der Waals surface area contributed by atoms with Crippen molar-refractivity contribution in [2.45, 2.75) is 53.1 Å². The first-order valence-electron chi connectivity index (χ1n) is 9.40. The monoisotopic (exact) mass is 405 g/mol. The largest absolute Gasteiger partial charge is 0.465 e. The van der Waals surface area contributed by atoms with E-state index in [1.165, 1.54) is 11.0 Å². The fourth-order valence-electron chi connectivity index (χ4n) is 2.24. The summed E-state index contributed by atoms with van der Waals surface area (Å²) in [4.78, 5) is 38.5. The number of hydrogen-bond donors (Lipinski definition) is 0. The van der Waals surface area contributed by atoms with Gasteiger partial charge in [0, 0.05) is 6.42 Å². The summed E-state index contributed by atoms with van der Waals surface area (Å²) >= 11 is 0. The van der Waals surface area contributed by atoms with Gasteiger partial charge in [0.2, 0.25) is 0 Å². The highest BCUT2D eigenvalue weighted by Gasteiger charge is 2.47. The molecule has 0 N–H and O–H groups in total. The first kappa shape index (κ1) is 26.1. The predicted molar refractivity (Wildman–Crippen MR) is 110 cm³/mol. The molecule has 0 aliphatic carbocycles. The Bertz CT molecular complexity index is 669. The van der Waals surface area contributed by atoms with Crippen LogP contribution in [-0.4, -0.2) is 54.8 Å². The fraction of sp³-hybridized carbons (Fsp3) is 0.591. The van der Waals surface area contributed by atoms with Crippen LogP contribution in [0, 0.1) is 29.6 Å². The first-order chi connectivity index (χ1) is 13.6. The zero-order valence-corrected chi connectivity index (χ0v) is 18.0. The van der Waals surface area contributed by atoms with Gasteiger partial charge in [0.05, 0.1) is 26.3 Å². The third kappa shape index (κ3) is 8.74. The van der Waals surface area contributed by atoms with Crippen molar-refractivity contribution in [2.24, 2.45) is 5.41 Å². The van der Waals surface area contributed by atoms with E-state index in [4.69, 9.17) is 20.6 Å². The summed E-state index contributed by atoms with van der Waals surface area (Å²) in [6.45, 7) is 12.3. The van der Waals surface area contributed by atoms with Gasteiger partial charge in [-0.3, -0.25) is 14.5 Å². The van der Waals surface area contributed by atoms with Crippen LogP contribution in [0.15, 0.2) is 12.7 Å². The normalized spacial score (nSPS) is 10.6. The number of carbonyl (C=O) groups excluding carboxylic acids is 3. The smallest absolute Gasteiger partial charge is 0.411 e. The number of esters is 2. The van der Waals surface area contributed by atoms with E-state index in [-0.39, 0.29) is 39.1 Å². The Labute approximate surface area is 173 Å². The Morgan fingerprint density at radius 1 is 1.03 bits per heavy atom. The molecule has 7 heteroatoms. The summed E-state index contributed by atoms with van der Waals surface area (Å²) in [6.07, 6.45) is 6.02. The van der Waals surface area contributed by atoms with Crippen molar-refractivity contribution in [1.82, 2.24) is 4.90 Å². The quantitative estimate of drug-likeness (QED) is 0.193. The third-order valence-electron chi connectivity index (χ3n) is 3.54. The van der Waals surface area contributed by atoms with E-state index >= 15 is 0 Å². The highest BCUT2D eigenvalue weighted by Crippen LogP contribution is 2.31. The van der Waals surface area contributed by atoms with Crippen molar-refractivity contribution in [3.8, 4) is 24.2 Å². The Morgan fingerprint density at radius 2 is 1.59 bits per heavy atom. The number of terminal acetylenes is 1. The van der Waals surface area contributed by atoms with Gasteiger partial charge < -0.3 is 14.2 Å². The van der Waals surface area contributed by atoms with Gasteiger partial charge in [0.15, 0.2) is 5.41 Å². The molecule has 1 amide bonds. The molecule has 0 radical (unpaired) electrons. The molecule has 0 unspecified atom stereocenters. The average molecular weight is 405 g/mol. The van der Waals surface area contributed by atoms with Crippen LogP contribution in [0.25, 0.3) is 0 Å². The highest BCUT2D eigenvalue weighted by atomic mass is 16.6. The van der Waals surface area contributed by atoms with Crippen molar-refractivity contribution < 1.29 is 28.6 Å². The second-order valence-electron chi connectivity index (χ2n) is 7.09. The number of allylic oxidation sites excluding steroid dienone is 1. The van der Waals surface area contributed by atoms with Gasteiger partial charge in [-0.15, -0.1) is 13.0 Å². The summed E-state index contributed by atoms with van der Waals surface area (Å²) in [5.74, 6) is 6.49. The second kappa shape index (κ2) is 12.5. The van der Waals surface area contributed by atoms with Gasteiger partial charge in [-0.1, -0.05) is 23.8 Å². The maximum atomic E-state index is 12.5. The zero-order valence-electron chi connectivity index (χ0n) is 18.0. The predicted octanol–water partition coefficient (Wildman–Crippen LogP) is 2.94. The van der Waals surface area contributed by atoms with Gasteiger partial charge in [-0.05, 0) is 41.0 Å². The van der Waals surface area contributed by atoms with Crippen LogP contribution in [-0.2, 0) is 23.8 Å². The van der Waals surface area contributed by atoms with Crippen LogP contribution in [0.5, 0.6) is 0 Å². The van der Waals surface area contributed by atoms with Crippen LogP contribution >= 0.6 is 0 Å². The van der Waals surface area contributed by atoms with Gasteiger partial charge in [-0.25, -0.2) is 4.79 Å². The van der Waals surface area contributed by atoms with E-state index in [2.05, 4.69) is 24.3 Å². The molecule has 0 saturated carbocycles. The highest BCUT2D eigenvalue weighted by molar-refractivity contribution is 6.00. The lowest BCUT2D eigenvalue weighted by Gasteiger charge is -2.26. The molecule has 0 fully saturated rings. The van der Waals surface area contributed by atoms with Crippen molar-refractivity contribution >= 4 is 18.0 Å². The number of rotatable bonds is 9. The lowest BCUT2D eigenvalue weighted by Crippen LogP contribution is -2.41. The van der Waals surface area contributed by atoms with Crippen LogP contribution in [0.1, 0.15) is 47.5 Å². The lowest BCUT2D eigenvalue weighted by atomic mass is 9.81. The topological polar surface area (TPSA) is 82.1 Å². The van der Waals surface area contributed by atoms with Gasteiger partial charge in [-0.2, -0.15) is 0 Å². The molecule has 29 heavy (non-hydrogen) atoms. The molecule has 0 rings (SSSR count). The van der Waals surface area contributed by atoms with Crippen LogP contribution in [0.2, 0.25) is 0 Å². The summed E-state index contributed by atoms with van der Waals surface area (Å²) in [6, 6.07) is 0. The van der Waals surface area contributed by atoms with Crippen LogP contribution in [0.3, 0.4) is 0 Å². The molecule has 0 aromatic rings. The van der Waals surface area contributed by atoms with E-state index in [9.17, 15) is 14.4 Å². The lowest BCUT2D eigenvalue weighted by molar-refractivity contribution is -0.171. The maximum absolute atomic E-state index is 12.5. The average Bonchev–Trinajstić information content (AvgIpc) is 2.62. The van der Waals surface area contributed by atoms with E-state index < -0.39 is 29.0 Å². The SMILES string of the molecule is C#CCN(CC#CCC(CC=C)(C(=O)OCC)C(=O)OCC)C(=O)OC(C)(C)C. The molecule has 0 spiro atoms. The molecule has 160 valence electrons. The molecular formula is C22H31NO6. The van der Waals surface area contributed by atoms with Crippen LogP contribution < -0.4 is 0 Å². The van der Waals surface area contributed by atoms with Crippen molar-refractivity contribution in [1.29, 1.82) is 0 Å². The van der Waals surface area contributed by atoms with Gasteiger partial charge in [0.25, 0.3) is 0 Å². The van der Waals surface area contributed by atoms with E-state index in [1.807, 2.05) is 0 Å². The second-order valence-corrected chi connectivity index (χ2v) is 7.09. The molecule has 0 aromatic carbocycles. The number of amides is 1. The zero-order chi connectivity index (χ0) is 22.5. The number of ether oxygens (including phenoxy) is 3. The number of nitrogens with zero attached hydrogens (tertiary/aromatic N) is 1. The van der Waals surface area contributed by atoms with Crippen molar-refractivity contribution in [2.75, 3.05) is 26.3 Å². The molecule has 0 aromatic heterocycles. The van der Waals surface area contributed by atoms with E-state index in [1.54, 1.807) is 34.6 Å². The third-order valence-corrected chi connectivity index (χ3v) is 3.54. The minimum absolute atomic E-state index is 0.0111. The van der Waals surface area contributed by atoms with Crippen molar-refractivity contribution in [3.63, 3.8) is 0 Å². The fourth-order valence-corrected chi connectivity index (χ4v) is 2.24. The van der Waals surface area contributed by atoms with Gasteiger partial charge in [0.1, 0.15) is 5.60 Å². The molecule has 0 bridgehead atoms. The van der Waals surface area contributed by atoms with E-state index in [0.717, 1.165) is 0 Å². The summed E-state index contributed by atoms with van der Waals surface area (Å²) in [5.41, 5.74) is -2.28. The Balaban J connectivity index is 5.53. The summed E-state index contributed by atoms with van der Waals surface area (Å²) < 4.78 is 15.4. The Hall–Kier alpha value is -2.93.